The van der Waals surface area contributed by atoms with Gasteiger partial charge in [-0.1, -0.05) is 6.07 Å². The number of carbonyl (C=O) groups is 1. The molecular weight excluding hydrogens is 484 g/mol. The van der Waals surface area contributed by atoms with Crippen molar-refractivity contribution in [1.82, 2.24) is 5.32 Å². The Hall–Kier alpha value is -3.92. The summed E-state index contributed by atoms with van der Waals surface area (Å²) in [4.78, 5) is 12.9. The predicted octanol–water partition coefficient (Wildman–Crippen LogP) is 4.04. The van der Waals surface area contributed by atoms with Gasteiger partial charge in [-0.05, 0) is 61.0 Å². The minimum absolute atomic E-state index is 0.0493. The number of rotatable bonds is 10. The van der Waals surface area contributed by atoms with Crippen LogP contribution in [0.25, 0.3) is 0 Å². The topological polar surface area (TPSA) is 103 Å². The number of sulfonamides is 1. The Morgan fingerprint density at radius 1 is 0.778 bits per heavy atom. The van der Waals surface area contributed by atoms with E-state index in [0.717, 1.165) is 9.87 Å². The van der Waals surface area contributed by atoms with Crippen LogP contribution in [0.5, 0.6) is 23.0 Å². The number of hydrogen-bond acceptors (Lipinski definition) is 7. The van der Waals surface area contributed by atoms with Crippen molar-refractivity contribution in [3.63, 3.8) is 0 Å². The Morgan fingerprint density at radius 3 is 1.86 bits per heavy atom. The average Bonchev–Trinajstić information content (AvgIpc) is 2.91. The van der Waals surface area contributed by atoms with E-state index in [4.69, 9.17) is 18.9 Å². The Morgan fingerprint density at radius 2 is 1.31 bits per heavy atom. The number of hydrogen-bond donors (Lipinski definition) is 1. The van der Waals surface area contributed by atoms with Crippen LogP contribution in [0.1, 0.15) is 28.9 Å². The number of methoxy groups -OCH3 is 4. The molecule has 1 N–H and O–H groups in total. The summed E-state index contributed by atoms with van der Waals surface area (Å²) in [6.45, 7) is 1.86. The minimum atomic E-state index is -3.88. The summed E-state index contributed by atoms with van der Waals surface area (Å²) >= 11 is 0. The molecule has 36 heavy (non-hydrogen) atoms. The average molecular weight is 515 g/mol. The van der Waals surface area contributed by atoms with Gasteiger partial charge in [0.15, 0.2) is 23.0 Å². The quantitative estimate of drug-likeness (QED) is 0.436. The van der Waals surface area contributed by atoms with Crippen molar-refractivity contribution < 1.29 is 32.2 Å². The van der Waals surface area contributed by atoms with Crippen LogP contribution in [0.2, 0.25) is 0 Å². The molecule has 9 nitrogen and oxygen atoms in total. The second-order valence-corrected chi connectivity index (χ2v) is 9.82. The fourth-order valence-electron chi connectivity index (χ4n) is 3.58. The lowest BCUT2D eigenvalue weighted by Gasteiger charge is -2.21. The van der Waals surface area contributed by atoms with Crippen LogP contribution in [-0.2, 0) is 10.0 Å². The molecule has 0 radical (unpaired) electrons. The molecular formula is C26H30N2O7S. The third-order valence-electron chi connectivity index (χ3n) is 5.76. The maximum absolute atomic E-state index is 13.2. The lowest BCUT2D eigenvalue weighted by atomic mass is 10.1. The van der Waals surface area contributed by atoms with E-state index in [1.54, 1.807) is 50.6 Å². The Kier molecular flexibility index (Phi) is 8.31. The molecule has 0 heterocycles. The van der Waals surface area contributed by atoms with Gasteiger partial charge in [0.05, 0.1) is 45.1 Å². The normalized spacial score (nSPS) is 11.8. The van der Waals surface area contributed by atoms with Crippen molar-refractivity contribution in [3.05, 3.63) is 71.8 Å². The molecule has 3 aromatic rings. The van der Waals surface area contributed by atoms with Crippen molar-refractivity contribution in [2.75, 3.05) is 39.8 Å². The van der Waals surface area contributed by atoms with Gasteiger partial charge in [-0.15, -0.1) is 0 Å². The second kappa shape index (κ2) is 11.2. The zero-order valence-corrected chi connectivity index (χ0v) is 21.9. The van der Waals surface area contributed by atoms with Crippen LogP contribution < -0.4 is 28.6 Å². The number of anilines is 1. The molecule has 0 aromatic heterocycles. The van der Waals surface area contributed by atoms with E-state index in [9.17, 15) is 13.2 Å². The SMILES string of the molecule is COc1ccc([C@@H](C)NC(=O)c2ccc(N(C)S(=O)(=O)c3ccc(OC)c(OC)c3)cc2)cc1OC. The predicted molar refractivity (Wildman–Crippen MR) is 137 cm³/mol. The molecule has 10 heteroatoms. The second-order valence-electron chi connectivity index (χ2n) is 7.85. The van der Waals surface area contributed by atoms with Gasteiger partial charge >= 0.3 is 0 Å². The summed E-state index contributed by atoms with van der Waals surface area (Å²) in [6.07, 6.45) is 0. The van der Waals surface area contributed by atoms with E-state index in [1.807, 2.05) is 13.0 Å². The highest BCUT2D eigenvalue weighted by atomic mass is 32.2. The number of amides is 1. The maximum atomic E-state index is 13.2. The van der Waals surface area contributed by atoms with Crippen molar-refractivity contribution >= 4 is 21.6 Å². The summed E-state index contributed by atoms with van der Waals surface area (Å²) in [5, 5.41) is 2.94. The first-order valence-electron chi connectivity index (χ1n) is 11.0. The molecule has 0 aliphatic heterocycles. The zero-order valence-electron chi connectivity index (χ0n) is 21.1. The third-order valence-corrected chi connectivity index (χ3v) is 7.54. The van der Waals surface area contributed by atoms with Crippen LogP contribution in [-0.4, -0.2) is 49.8 Å². The van der Waals surface area contributed by atoms with Crippen LogP contribution in [0, 0.1) is 0 Å². The molecule has 0 saturated carbocycles. The van der Waals surface area contributed by atoms with E-state index in [0.29, 0.717) is 34.2 Å². The van der Waals surface area contributed by atoms with Crippen molar-refractivity contribution in [3.8, 4) is 23.0 Å². The molecule has 0 aliphatic carbocycles. The summed E-state index contributed by atoms with van der Waals surface area (Å²) in [5.74, 6) is 1.61. The molecule has 0 saturated heterocycles. The Labute approximate surface area is 211 Å². The fraction of sp³-hybridized carbons (Fsp3) is 0.269. The van der Waals surface area contributed by atoms with Crippen molar-refractivity contribution in [2.24, 2.45) is 0 Å². The minimum Gasteiger partial charge on any atom is -0.493 e. The van der Waals surface area contributed by atoms with Gasteiger partial charge in [-0.3, -0.25) is 9.10 Å². The largest absolute Gasteiger partial charge is 0.493 e. The molecule has 3 rings (SSSR count). The van der Waals surface area contributed by atoms with E-state index in [1.165, 1.54) is 39.5 Å². The van der Waals surface area contributed by atoms with Crippen molar-refractivity contribution in [1.29, 1.82) is 0 Å². The summed E-state index contributed by atoms with van der Waals surface area (Å²) in [6, 6.07) is 15.8. The number of nitrogens with zero attached hydrogens (tertiary/aromatic N) is 1. The lowest BCUT2D eigenvalue weighted by Crippen LogP contribution is -2.28. The van der Waals surface area contributed by atoms with Gasteiger partial charge in [0.2, 0.25) is 0 Å². The van der Waals surface area contributed by atoms with Crippen LogP contribution in [0.15, 0.2) is 65.6 Å². The molecule has 0 fully saturated rings. The van der Waals surface area contributed by atoms with Crippen LogP contribution in [0.3, 0.4) is 0 Å². The van der Waals surface area contributed by atoms with Crippen LogP contribution >= 0.6 is 0 Å². The summed E-state index contributed by atoms with van der Waals surface area (Å²) < 4.78 is 48.4. The van der Waals surface area contributed by atoms with Crippen LogP contribution in [0.4, 0.5) is 5.69 Å². The molecule has 0 aliphatic rings. The van der Waals surface area contributed by atoms with E-state index < -0.39 is 10.0 Å². The highest BCUT2D eigenvalue weighted by Gasteiger charge is 2.23. The van der Waals surface area contributed by atoms with Gasteiger partial charge in [-0.2, -0.15) is 0 Å². The summed E-state index contributed by atoms with van der Waals surface area (Å²) in [7, 11) is 3.59. The monoisotopic (exact) mass is 514 g/mol. The molecule has 1 atom stereocenters. The molecule has 0 bridgehead atoms. The molecule has 3 aromatic carbocycles. The highest BCUT2D eigenvalue weighted by Crippen LogP contribution is 2.32. The first-order chi connectivity index (χ1) is 17.2. The molecule has 192 valence electrons. The zero-order chi connectivity index (χ0) is 26.5. The third kappa shape index (κ3) is 5.49. The van der Waals surface area contributed by atoms with Gasteiger partial charge in [0.25, 0.3) is 15.9 Å². The Bertz CT molecular complexity index is 1320. The van der Waals surface area contributed by atoms with Gasteiger partial charge in [0.1, 0.15) is 0 Å². The fourth-order valence-corrected chi connectivity index (χ4v) is 4.79. The maximum Gasteiger partial charge on any atom is 0.264 e. The Balaban J connectivity index is 1.75. The lowest BCUT2D eigenvalue weighted by molar-refractivity contribution is 0.0940. The number of nitrogens with one attached hydrogen (secondary N) is 1. The number of benzene rings is 3. The number of ether oxygens (including phenoxy) is 4. The van der Waals surface area contributed by atoms with Crippen molar-refractivity contribution in [2.45, 2.75) is 17.9 Å². The number of carbonyl (C=O) groups excluding carboxylic acids is 1. The van der Waals surface area contributed by atoms with Gasteiger partial charge in [-0.25, -0.2) is 8.42 Å². The summed E-state index contributed by atoms with van der Waals surface area (Å²) in [5.41, 5.74) is 1.63. The molecule has 1 amide bonds. The van der Waals surface area contributed by atoms with Gasteiger partial charge in [0, 0.05) is 18.7 Å². The first kappa shape index (κ1) is 26.7. The standard InChI is InChI=1S/C26H30N2O7S/c1-17(19-9-13-22(32-3)24(15-19)34-5)27-26(29)18-7-10-20(11-8-18)28(2)36(30,31)21-12-14-23(33-4)25(16-21)35-6/h7-17H,1-6H3,(H,27,29)/t17-/m1/s1. The van der Waals surface area contributed by atoms with E-state index in [-0.39, 0.29) is 16.8 Å². The molecule has 0 unspecified atom stereocenters. The van der Waals surface area contributed by atoms with E-state index in [2.05, 4.69) is 5.32 Å². The van der Waals surface area contributed by atoms with E-state index >= 15 is 0 Å². The highest BCUT2D eigenvalue weighted by molar-refractivity contribution is 7.92. The molecule has 0 spiro atoms. The van der Waals surface area contributed by atoms with Gasteiger partial charge < -0.3 is 24.3 Å². The smallest absolute Gasteiger partial charge is 0.264 e. The first-order valence-corrected chi connectivity index (χ1v) is 12.4.